The van der Waals surface area contributed by atoms with E-state index in [4.69, 9.17) is 9.47 Å². The molecule has 0 unspecified atom stereocenters. The van der Waals surface area contributed by atoms with E-state index < -0.39 is 0 Å². The summed E-state index contributed by atoms with van der Waals surface area (Å²) in [5, 5.41) is 2.97. The minimum atomic E-state index is -0.179. The number of ether oxygens (including phenoxy) is 2. The van der Waals surface area contributed by atoms with Gasteiger partial charge in [-0.1, -0.05) is 48.5 Å². The topological polar surface area (TPSA) is 47.6 Å². The van der Waals surface area contributed by atoms with Crippen LogP contribution < -0.4 is 14.8 Å². The molecule has 1 amide bonds. The first-order valence-corrected chi connectivity index (χ1v) is 9.06. The normalized spacial score (nSPS) is 12.5. The first kappa shape index (κ1) is 16.7. The standard InChI is InChI=1S/C21H16BrNO3/c22-17-12-19-20(26-11-10-25-19)13-18(17)23-21(24)16-9-5-4-8-15(16)14-6-2-1-3-7-14/h1-9,12-13H,10-11H2,(H,23,24). The average Bonchev–Trinajstić information content (AvgIpc) is 2.69. The van der Waals surface area contributed by atoms with E-state index in [0.29, 0.717) is 36.0 Å². The minimum absolute atomic E-state index is 0.179. The molecule has 4 rings (SSSR count). The summed E-state index contributed by atoms with van der Waals surface area (Å²) < 4.78 is 11.9. The lowest BCUT2D eigenvalue weighted by atomic mass is 9.99. The van der Waals surface area contributed by atoms with Gasteiger partial charge in [0.2, 0.25) is 0 Å². The van der Waals surface area contributed by atoms with Crippen molar-refractivity contribution in [1.29, 1.82) is 0 Å². The van der Waals surface area contributed by atoms with E-state index in [1.807, 2.05) is 60.7 Å². The predicted octanol–water partition coefficient (Wildman–Crippen LogP) is 5.14. The number of fused-ring (bicyclic) bond motifs is 1. The highest BCUT2D eigenvalue weighted by Crippen LogP contribution is 2.38. The third-order valence-corrected chi connectivity index (χ3v) is 4.79. The summed E-state index contributed by atoms with van der Waals surface area (Å²) >= 11 is 3.49. The van der Waals surface area contributed by atoms with Crippen molar-refractivity contribution in [2.45, 2.75) is 0 Å². The zero-order valence-electron chi connectivity index (χ0n) is 13.9. The van der Waals surface area contributed by atoms with Gasteiger partial charge in [-0.15, -0.1) is 0 Å². The molecule has 0 spiro atoms. The molecule has 0 fully saturated rings. The van der Waals surface area contributed by atoms with Crippen molar-refractivity contribution < 1.29 is 14.3 Å². The Morgan fingerprint density at radius 2 is 1.54 bits per heavy atom. The summed E-state index contributed by atoms with van der Waals surface area (Å²) in [6.45, 7) is 1.02. The Bertz CT molecular complexity index is 957. The Balaban J connectivity index is 1.66. The molecule has 5 heteroatoms. The van der Waals surface area contributed by atoms with Crippen molar-refractivity contribution in [3.63, 3.8) is 0 Å². The Labute approximate surface area is 159 Å². The Morgan fingerprint density at radius 1 is 0.885 bits per heavy atom. The Hall–Kier alpha value is -2.79. The van der Waals surface area contributed by atoms with Crippen LogP contribution >= 0.6 is 15.9 Å². The highest BCUT2D eigenvalue weighted by atomic mass is 79.9. The second kappa shape index (κ2) is 7.22. The number of nitrogens with one attached hydrogen (secondary N) is 1. The molecule has 0 atom stereocenters. The van der Waals surface area contributed by atoms with Crippen LogP contribution in [0, 0.1) is 0 Å². The summed E-state index contributed by atoms with van der Waals surface area (Å²) in [6, 6.07) is 21.0. The number of hydrogen-bond donors (Lipinski definition) is 1. The third-order valence-electron chi connectivity index (χ3n) is 4.14. The van der Waals surface area contributed by atoms with Crippen LogP contribution in [0.15, 0.2) is 71.2 Å². The molecule has 3 aromatic rings. The van der Waals surface area contributed by atoms with Gasteiger partial charge in [0.05, 0.1) is 5.69 Å². The first-order valence-electron chi connectivity index (χ1n) is 8.27. The average molecular weight is 410 g/mol. The summed E-state index contributed by atoms with van der Waals surface area (Å²) in [5.74, 6) is 1.12. The summed E-state index contributed by atoms with van der Waals surface area (Å²) in [6.07, 6.45) is 0. The van der Waals surface area contributed by atoms with Crippen molar-refractivity contribution in [3.05, 3.63) is 76.8 Å². The van der Waals surface area contributed by atoms with Gasteiger partial charge in [-0.05, 0) is 33.1 Å². The quantitative estimate of drug-likeness (QED) is 0.651. The van der Waals surface area contributed by atoms with Crippen LogP contribution in [0.4, 0.5) is 5.69 Å². The molecule has 4 nitrogen and oxygen atoms in total. The van der Waals surface area contributed by atoms with Crippen molar-refractivity contribution in [2.75, 3.05) is 18.5 Å². The van der Waals surface area contributed by atoms with E-state index in [-0.39, 0.29) is 5.91 Å². The Morgan fingerprint density at radius 3 is 2.31 bits per heavy atom. The zero-order chi connectivity index (χ0) is 17.9. The molecule has 130 valence electrons. The van der Waals surface area contributed by atoms with Gasteiger partial charge in [0, 0.05) is 22.2 Å². The summed E-state index contributed by atoms with van der Waals surface area (Å²) in [5.41, 5.74) is 3.14. The van der Waals surface area contributed by atoms with Crippen LogP contribution in [0.25, 0.3) is 11.1 Å². The number of rotatable bonds is 3. The molecule has 0 saturated heterocycles. The molecule has 26 heavy (non-hydrogen) atoms. The number of carbonyl (C=O) groups is 1. The maximum absolute atomic E-state index is 12.9. The molecule has 1 heterocycles. The summed E-state index contributed by atoms with van der Waals surface area (Å²) in [7, 11) is 0. The molecule has 0 bridgehead atoms. The van der Waals surface area contributed by atoms with E-state index in [1.54, 1.807) is 6.07 Å². The van der Waals surface area contributed by atoms with Crippen molar-refractivity contribution in [2.24, 2.45) is 0 Å². The van der Waals surface area contributed by atoms with Crippen LogP contribution in [-0.4, -0.2) is 19.1 Å². The van der Waals surface area contributed by atoms with Crippen molar-refractivity contribution in [3.8, 4) is 22.6 Å². The molecule has 0 aromatic heterocycles. The second-order valence-electron chi connectivity index (χ2n) is 5.84. The van der Waals surface area contributed by atoms with Gasteiger partial charge in [-0.3, -0.25) is 4.79 Å². The van der Waals surface area contributed by atoms with Crippen LogP contribution in [0.2, 0.25) is 0 Å². The number of amides is 1. The van der Waals surface area contributed by atoms with Crippen molar-refractivity contribution in [1.82, 2.24) is 0 Å². The van der Waals surface area contributed by atoms with Gasteiger partial charge >= 0.3 is 0 Å². The largest absolute Gasteiger partial charge is 0.486 e. The highest BCUT2D eigenvalue weighted by molar-refractivity contribution is 9.10. The van der Waals surface area contributed by atoms with Gasteiger partial charge in [0.1, 0.15) is 13.2 Å². The SMILES string of the molecule is O=C(Nc1cc2c(cc1Br)OCCO2)c1ccccc1-c1ccccc1. The van der Waals surface area contributed by atoms with E-state index in [1.165, 1.54) is 0 Å². The lowest BCUT2D eigenvalue weighted by Crippen LogP contribution is -2.17. The number of hydrogen-bond acceptors (Lipinski definition) is 3. The lowest BCUT2D eigenvalue weighted by molar-refractivity contribution is 0.102. The van der Waals surface area contributed by atoms with E-state index in [2.05, 4.69) is 21.2 Å². The lowest BCUT2D eigenvalue weighted by Gasteiger charge is -2.20. The molecule has 3 aromatic carbocycles. The molecule has 1 aliphatic heterocycles. The number of anilines is 1. The number of carbonyl (C=O) groups excluding carboxylic acids is 1. The third kappa shape index (κ3) is 3.30. The molecular weight excluding hydrogens is 394 g/mol. The fourth-order valence-electron chi connectivity index (χ4n) is 2.90. The molecule has 1 aliphatic rings. The summed E-state index contributed by atoms with van der Waals surface area (Å²) in [4.78, 5) is 12.9. The molecule has 1 N–H and O–H groups in total. The molecule has 0 saturated carbocycles. The molecule has 0 aliphatic carbocycles. The van der Waals surface area contributed by atoms with Gasteiger partial charge in [-0.25, -0.2) is 0 Å². The highest BCUT2D eigenvalue weighted by Gasteiger charge is 2.18. The fraction of sp³-hybridized carbons (Fsp3) is 0.0952. The monoisotopic (exact) mass is 409 g/mol. The zero-order valence-corrected chi connectivity index (χ0v) is 15.5. The first-order chi connectivity index (χ1) is 12.7. The van der Waals surface area contributed by atoms with Gasteiger partial charge in [-0.2, -0.15) is 0 Å². The number of halogens is 1. The van der Waals surface area contributed by atoms with Crippen LogP contribution in [0.1, 0.15) is 10.4 Å². The fourth-order valence-corrected chi connectivity index (χ4v) is 3.32. The minimum Gasteiger partial charge on any atom is -0.486 e. The van der Waals surface area contributed by atoms with E-state index >= 15 is 0 Å². The Kier molecular flexibility index (Phi) is 4.63. The molecule has 0 radical (unpaired) electrons. The van der Waals surface area contributed by atoms with Crippen molar-refractivity contribution >= 4 is 27.5 Å². The van der Waals surface area contributed by atoms with E-state index in [9.17, 15) is 4.79 Å². The van der Waals surface area contributed by atoms with Gasteiger partial charge < -0.3 is 14.8 Å². The maximum atomic E-state index is 12.9. The molecular formula is C21H16BrNO3. The number of benzene rings is 3. The van der Waals surface area contributed by atoms with Crippen LogP contribution in [-0.2, 0) is 0 Å². The maximum Gasteiger partial charge on any atom is 0.256 e. The predicted molar refractivity (Wildman–Crippen MR) is 105 cm³/mol. The second-order valence-corrected chi connectivity index (χ2v) is 6.70. The van der Waals surface area contributed by atoms with Gasteiger partial charge in [0.25, 0.3) is 5.91 Å². The van der Waals surface area contributed by atoms with Gasteiger partial charge in [0.15, 0.2) is 11.5 Å². The van der Waals surface area contributed by atoms with Crippen LogP contribution in [0.5, 0.6) is 11.5 Å². The van der Waals surface area contributed by atoms with Crippen LogP contribution in [0.3, 0.4) is 0 Å². The van der Waals surface area contributed by atoms with E-state index in [0.717, 1.165) is 15.6 Å². The smallest absolute Gasteiger partial charge is 0.256 e.